The molecular weight excluding hydrogens is 270 g/mol. The number of rotatable bonds is 9. The maximum Gasteiger partial charge on any atom is 0.213 e. The fourth-order valence-electron chi connectivity index (χ4n) is 1.47. The van der Waals surface area contributed by atoms with Gasteiger partial charge in [0.25, 0.3) is 0 Å². The van der Waals surface area contributed by atoms with Gasteiger partial charge in [0.1, 0.15) is 6.61 Å². The summed E-state index contributed by atoms with van der Waals surface area (Å²) in [5.41, 5.74) is 6.75. The van der Waals surface area contributed by atoms with Gasteiger partial charge in [-0.1, -0.05) is 0 Å². The average molecular weight is 295 g/mol. The number of aliphatic imine (C=N–C) groups is 1. The van der Waals surface area contributed by atoms with Crippen molar-refractivity contribution in [3.05, 3.63) is 23.9 Å². The maximum absolute atomic E-state index is 5.74. The smallest absolute Gasteiger partial charge is 0.213 e. The molecule has 0 unspecified atom stereocenters. The second-order valence-corrected chi connectivity index (χ2v) is 4.78. The van der Waals surface area contributed by atoms with Gasteiger partial charge < -0.3 is 25.4 Å². The van der Waals surface area contributed by atoms with Gasteiger partial charge in [0.05, 0.1) is 13.2 Å². The quantitative estimate of drug-likeness (QED) is 0.381. The molecule has 3 N–H and O–H groups in total. The Morgan fingerprint density at radius 3 is 2.95 bits per heavy atom. The number of methoxy groups -OCH3 is 1. The number of likely N-dealkylation sites (N-methyl/N-ethyl adjacent to an activating group) is 1. The van der Waals surface area contributed by atoms with Crippen LogP contribution in [0.1, 0.15) is 5.56 Å². The molecule has 0 aliphatic rings. The first-order valence-corrected chi connectivity index (χ1v) is 6.87. The molecule has 1 rings (SSSR count). The van der Waals surface area contributed by atoms with Gasteiger partial charge in [-0.05, 0) is 25.7 Å². The van der Waals surface area contributed by atoms with Crippen molar-refractivity contribution in [1.29, 1.82) is 0 Å². The van der Waals surface area contributed by atoms with Gasteiger partial charge in [-0.3, -0.25) is 0 Å². The Hall–Kier alpha value is -1.86. The number of hydrogen-bond acceptors (Lipinski definition) is 5. The Labute approximate surface area is 126 Å². The minimum Gasteiger partial charge on any atom is -0.476 e. The van der Waals surface area contributed by atoms with Crippen LogP contribution in [-0.2, 0) is 11.3 Å². The second-order valence-electron chi connectivity index (χ2n) is 4.78. The summed E-state index contributed by atoms with van der Waals surface area (Å²) in [4.78, 5) is 10.5. The predicted molar refractivity (Wildman–Crippen MR) is 83.5 cm³/mol. The van der Waals surface area contributed by atoms with Crippen molar-refractivity contribution in [1.82, 2.24) is 15.2 Å². The van der Waals surface area contributed by atoms with Gasteiger partial charge in [-0.25, -0.2) is 9.98 Å². The van der Waals surface area contributed by atoms with E-state index in [0.29, 0.717) is 38.1 Å². The number of hydrogen-bond donors (Lipinski definition) is 2. The van der Waals surface area contributed by atoms with Crippen LogP contribution >= 0.6 is 0 Å². The predicted octanol–water partition coefficient (Wildman–Crippen LogP) is 0.0727. The molecule has 0 aliphatic carbocycles. The normalized spacial score (nSPS) is 11.7. The van der Waals surface area contributed by atoms with Crippen LogP contribution < -0.4 is 15.8 Å². The third-order valence-corrected chi connectivity index (χ3v) is 2.63. The van der Waals surface area contributed by atoms with E-state index in [4.69, 9.17) is 15.2 Å². The lowest BCUT2D eigenvalue weighted by atomic mass is 10.3. The highest BCUT2D eigenvalue weighted by Gasteiger charge is 1.99. The molecule has 0 amide bonds. The maximum atomic E-state index is 5.74. The van der Waals surface area contributed by atoms with Gasteiger partial charge in [-0.15, -0.1) is 0 Å². The van der Waals surface area contributed by atoms with Crippen LogP contribution in [-0.4, -0.2) is 63.4 Å². The summed E-state index contributed by atoms with van der Waals surface area (Å²) >= 11 is 0. The van der Waals surface area contributed by atoms with E-state index in [1.807, 2.05) is 26.2 Å². The Bertz CT molecular complexity index is 437. The third kappa shape index (κ3) is 8.11. The third-order valence-electron chi connectivity index (χ3n) is 2.63. The number of pyridine rings is 1. The van der Waals surface area contributed by atoms with Crippen LogP contribution in [0.15, 0.2) is 23.3 Å². The van der Waals surface area contributed by atoms with Crippen molar-refractivity contribution in [2.24, 2.45) is 10.7 Å². The Morgan fingerprint density at radius 2 is 2.24 bits per heavy atom. The molecule has 118 valence electrons. The topological polar surface area (TPSA) is 85.0 Å². The Balaban J connectivity index is 2.42. The van der Waals surface area contributed by atoms with Crippen molar-refractivity contribution >= 4 is 5.96 Å². The molecule has 0 radical (unpaired) electrons. The summed E-state index contributed by atoms with van der Waals surface area (Å²) in [7, 11) is 5.65. The molecule has 0 aliphatic heterocycles. The first-order chi connectivity index (χ1) is 10.1. The fraction of sp³-hybridized carbons (Fsp3) is 0.571. The molecule has 0 saturated heterocycles. The molecule has 0 aromatic carbocycles. The van der Waals surface area contributed by atoms with Crippen molar-refractivity contribution in [3.63, 3.8) is 0 Å². The summed E-state index contributed by atoms with van der Waals surface area (Å²) in [5.74, 6) is 1.01. The van der Waals surface area contributed by atoms with Crippen LogP contribution in [0.4, 0.5) is 0 Å². The number of nitrogens with one attached hydrogen (secondary N) is 1. The van der Waals surface area contributed by atoms with Gasteiger partial charge in [0.2, 0.25) is 5.88 Å². The van der Waals surface area contributed by atoms with Crippen molar-refractivity contribution in [2.45, 2.75) is 6.54 Å². The standard InChI is InChI=1S/C14H25N5O2/c1-19(2)7-9-21-13-10-12(4-5-16-13)11-18-14(15)17-6-8-20-3/h4-5,10H,6-9,11H2,1-3H3,(H3,15,17,18). The van der Waals surface area contributed by atoms with E-state index in [1.165, 1.54) is 0 Å². The average Bonchev–Trinajstić information content (AvgIpc) is 2.45. The summed E-state index contributed by atoms with van der Waals surface area (Å²) in [6.45, 7) is 3.17. The summed E-state index contributed by atoms with van der Waals surface area (Å²) < 4.78 is 10.5. The number of ether oxygens (including phenoxy) is 2. The molecule has 0 fully saturated rings. The van der Waals surface area contributed by atoms with Crippen LogP contribution in [0.5, 0.6) is 5.88 Å². The minimum absolute atomic E-state index is 0.402. The summed E-state index contributed by atoms with van der Waals surface area (Å²) in [6, 6.07) is 3.77. The van der Waals surface area contributed by atoms with E-state index < -0.39 is 0 Å². The highest BCUT2D eigenvalue weighted by atomic mass is 16.5. The zero-order chi connectivity index (χ0) is 15.5. The number of guanidine groups is 1. The molecule has 1 aromatic rings. The Kier molecular flexibility index (Phi) is 8.15. The zero-order valence-corrected chi connectivity index (χ0v) is 13.0. The highest BCUT2D eigenvalue weighted by molar-refractivity contribution is 5.77. The molecule has 0 spiro atoms. The van der Waals surface area contributed by atoms with Crippen LogP contribution in [0.2, 0.25) is 0 Å². The fourth-order valence-corrected chi connectivity index (χ4v) is 1.47. The van der Waals surface area contributed by atoms with E-state index in [-0.39, 0.29) is 0 Å². The van der Waals surface area contributed by atoms with Gasteiger partial charge in [0, 0.05) is 32.5 Å². The van der Waals surface area contributed by atoms with Crippen LogP contribution in [0.25, 0.3) is 0 Å². The number of nitrogens with two attached hydrogens (primary N) is 1. The number of aromatic nitrogens is 1. The molecule has 0 bridgehead atoms. The van der Waals surface area contributed by atoms with Crippen LogP contribution in [0, 0.1) is 0 Å². The van der Waals surface area contributed by atoms with E-state index in [2.05, 4.69) is 20.2 Å². The van der Waals surface area contributed by atoms with Crippen molar-refractivity contribution in [3.8, 4) is 5.88 Å². The van der Waals surface area contributed by atoms with Crippen LogP contribution in [0.3, 0.4) is 0 Å². The van der Waals surface area contributed by atoms with Crippen molar-refractivity contribution < 1.29 is 9.47 Å². The first-order valence-electron chi connectivity index (χ1n) is 6.87. The minimum atomic E-state index is 0.402. The summed E-state index contributed by atoms with van der Waals surface area (Å²) in [5, 5.41) is 2.97. The summed E-state index contributed by atoms with van der Waals surface area (Å²) in [6.07, 6.45) is 1.71. The largest absolute Gasteiger partial charge is 0.476 e. The number of nitrogens with zero attached hydrogens (tertiary/aromatic N) is 3. The molecule has 0 saturated carbocycles. The molecule has 0 atom stereocenters. The molecule has 7 heteroatoms. The van der Waals surface area contributed by atoms with Crippen molar-refractivity contribution in [2.75, 3.05) is 47.5 Å². The molecule has 1 heterocycles. The van der Waals surface area contributed by atoms with Gasteiger partial charge >= 0.3 is 0 Å². The first kappa shape index (κ1) is 17.2. The lowest BCUT2D eigenvalue weighted by Crippen LogP contribution is -2.34. The van der Waals surface area contributed by atoms with E-state index in [1.54, 1.807) is 13.3 Å². The second kappa shape index (κ2) is 9.95. The molecule has 1 aromatic heterocycles. The lowest BCUT2D eigenvalue weighted by Gasteiger charge is -2.10. The SMILES string of the molecule is COCCNC(N)=NCc1ccnc(OCCN(C)C)c1. The zero-order valence-electron chi connectivity index (χ0n) is 13.0. The Morgan fingerprint density at radius 1 is 1.43 bits per heavy atom. The van der Waals surface area contributed by atoms with Gasteiger partial charge in [0.15, 0.2) is 5.96 Å². The van der Waals surface area contributed by atoms with Gasteiger partial charge in [-0.2, -0.15) is 0 Å². The lowest BCUT2D eigenvalue weighted by molar-refractivity contribution is 0.204. The molecule has 7 nitrogen and oxygen atoms in total. The molecular formula is C14H25N5O2. The monoisotopic (exact) mass is 295 g/mol. The van der Waals surface area contributed by atoms with E-state index in [0.717, 1.165) is 12.1 Å². The van der Waals surface area contributed by atoms with E-state index in [9.17, 15) is 0 Å². The van der Waals surface area contributed by atoms with E-state index >= 15 is 0 Å². The molecule has 21 heavy (non-hydrogen) atoms. The highest BCUT2D eigenvalue weighted by Crippen LogP contribution is 2.10.